The molecule has 0 N–H and O–H groups in total. The highest BCUT2D eigenvalue weighted by molar-refractivity contribution is 5.99. The zero-order chi connectivity index (χ0) is 22.1. The molecule has 0 radical (unpaired) electrons. The van der Waals surface area contributed by atoms with Gasteiger partial charge in [0.25, 0.3) is 0 Å². The maximum Gasteiger partial charge on any atom is 0.247 e. The maximum absolute atomic E-state index is 13.0. The van der Waals surface area contributed by atoms with Crippen LogP contribution in [0.3, 0.4) is 0 Å². The molecule has 0 aliphatic carbocycles. The van der Waals surface area contributed by atoms with Crippen LogP contribution in [0.15, 0.2) is 84.9 Å². The van der Waals surface area contributed by atoms with Gasteiger partial charge in [-0.25, -0.2) is 0 Å². The summed E-state index contributed by atoms with van der Waals surface area (Å²) >= 11 is 0. The Morgan fingerprint density at radius 3 is 1.71 bits per heavy atom. The fourth-order valence-corrected chi connectivity index (χ4v) is 3.30. The van der Waals surface area contributed by atoms with E-state index in [2.05, 4.69) is 0 Å². The molecule has 3 rings (SSSR count). The fraction of sp³-hybridized carbons (Fsp3) is 0.222. The first-order chi connectivity index (χ1) is 15.1. The molecule has 160 valence electrons. The van der Waals surface area contributed by atoms with E-state index in [1.165, 1.54) is 0 Å². The summed E-state index contributed by atoms with van der Waals surface area (Å²) in [6.07, 6.45) is 1.70. The zero-order valence-electron chi connectivity index (χ0n) is 18.4. The van der Waals surface area contributed by atoms with E-state index in [9.17, 15) is 4.79 Å². The summed E-state index contributed by atoms with van der Waals surface area (Å²) in [5.41, 5.74) is 3.86. The molecule has 4 nitrogen and oxygen atoms in total. The molecule has 0 fully saturated rings. The summed E-state index contributed by atoms with van der Waals surface area (Å²) in [6, 6.07) is 25.6. The lowest BCUT2D eigenvalue weighted by Gasteiger charge is -2.17. The third kappa shape index (κ3) is 6.22. The minimum absolute atomic E-state index is 0.0541. The maximum atomic E-state index is 13.0. The van der Waals surface area contributed by atoms with Gasteiger partial charge in [0, 0.05) is 19.7 Å². The summed E-state index contributed by atoms with van der Waals surface area (Å²) < 4.78 is 11.1. The Labute approximate surface area is 184 Å². The number of carbonyl (C=O) groups is 1. The third-order valence-corrected chi connectivity index (χ3v) is 4.86. The van der Waals surface area contributed by atoms with Crippen molar-refractivity contribution in [3.8, 4) is 11.5 Å². The molecule has 0 aromatic heterocycles. The predicted molar refractivity (Wildman–Crippen MR) is 125 cm³/mol. The normalized spacial score (nSPS) is 10.3. The quantitative estimate of drug-likeness (QED) is 0.429. The summed E-state index contributed by atoms with van der Waals surface area (Å²) in [5, 5.41) is 0. The molecule has 3 aromatic carbocycles. The Kier molecular flexibility index (Phi) is 7.88. The Morgan fingerprint density at radius 2 is 1.26 bits per heavy atom. The first kappa shape index (κ1) is 22.2. The summed E-state index contributed by atoms with van der Waals surface area (Å²) in [7, 11) is 1.82. The molecule has 0 saturated carbocycles. The minimum atomic E-state index is -0.0541. The number of hydrogen-bond acceptors (Lipinski definition) is 3. The Balaban J connectivity index is 1.91. The minimum Gasteiger partial charge on any atom is -0.494 e. The molecule has 0 aliphatic heterocycles. The van der Waals surface area contributed by atoms with Gasteiger partial charge < -0.3 is 14.4 Å². The topological polar surface area (TPSA) is 38.8 Å². The number of hydrogen-bond donors (Lipinski definition) is 0. The lowest BCUT2D eigenvalue weighted by atomic mass is 9.97. The molecular weight excluding hydrogens is 386 g/mol. The van der Waals surface area contributed by atoms with Gasteiger partial charge in [0.1, 0.15) is 11.5 Å². The van der Waals surface area contributed by atoms with Crippen LogP contribution in [0.25, 0.3) is 5.57 Å². The van der Waals surface area contributed by atoms with Crippen LogP contribution in [0.2, 0.25) is 0 Å². The smallest absolute Gasteiger partial charge is 0.247 e. The Hall–Kier alpha value is -3.53. The zero-order valence-corrected chi connectivity index (χ0v) is 18.4. The lowest BCUT2D eigenvalue weighted by Crippen LogP contribution is -2.24. The Bertz CT molecular complexity index is 941. The number of likely N-dealkylation sites (N-methyl/N-ethyl adjacent to an activating group) is 1. The molecule has 0 atom stereocenters. The van der Waals surface area contributed by atoms with Crippen molar-refractivity contribution in [2.45, 2.75) is 20.4 Å². The van der Waals surface area contributed by atoms with Crippen LogP contribution in [0, 0.1) is 0 Å². The van der Waals surface area contributed by atoms with Gasteiger partial charge in [-0.1, -0.05) is 54.6 Å². The number of amides is 1. The van der Waals surface area contributed by atoms with Gasteiger partial charge in [-0.15, -0.1) is 0 Å². The van der Waals surface area contributed by atoms with Crippen molar-refractivity contribution in [2.24, 2.45) is 0 Å². The molecule has 0 spiro atoms. The molecule has 31 heavy (non-hydrogen) atoms. The summed E-state index contributed by atoms with van der Waals surface area (Å²) in [6.45, 7) is 5.70. The molecule has 4 heteroatoms. The van der Waals surface area contributed by atoms with Crippen molar-refractivity contribution < 1.29 is 14.3 Å². The van der Waals surface area contributed by atoms with Crippen molar-refractivity contribution >= 4 is 11.5 Å². The van der Waals surface area contributed by atoms with Crippen LogP contribution < -0.4 is 9.47 Å². The van der Waals surface area contributed by atoms with Gasteiger partial charge in [-0.05, 0) is 60.4 Å². The van der Waals surface area contributed by atoms with Crippen LogP contribution in [0.1, 0.15) is 30.5 Å². The second-order valence-corrected chi connectivity index (χ2v) is 7.15. The van der Waals surface area contributed by atoms with Crippen LogP contribution in [0.4, 0.5) is 0 Å². The van der Waals surface area contributed by atoms with Crippen LogP contribution >= 0.6 is 0 Å². The van der Waals surface area contributed by atoms with Gasteiger partial charge in [-0.3, -0.25) is 4.79 Å². The van der Waals surface area contributed by atoms with Gasteiger partial charge >= 0.3 is 0 Å². The second kappa shape index (κ2) is 11.0. The van der Waals surface area contributed by atoms with Crippen molar-refractivity contribution in [1.82, 2.24) is 4.90 Å². The van der Waals surface area contributed by atoms with Crippen molar-refractivity contribution in [3.63, 3.8) is 0 Å². The number of nitrogens with zero attached hydrogens (tertiary/aromatic N) is 1. The molecular formula is C27H29NO3. The van der Waals surface area contributed by atoms with E-state index >= 15 is 0 Å². The van der Waals surface area contributed by atoms with E-state index in [-0.39, 0.29) is 5.91 Å². The highest BCUT2D eigenvalue weighted by Crippen LogP contribution is 2.27. The average molecular weight is 416 g/mol. The molecule has 1 amide bonds. The number of benzene rings is 3. The van der Waals surface area contributed by atoms with Crippen LogP contribution in [-0.4, -0.2) is 31.1 Å². The first-order valence-corrected chi connectivity index (χ1v) is 10.6. The Morgan fingerprint density at radius 1 is 0.774 bits per heavy atom. The van der Waals surface area contributed by atoms with E-state index in [0.29, 0.717) is 19.8 Å². The van der Waals surface area contributed by atoms with Gasteiger partial charge in [-0.2, -0.15) is 0 Å². The van der Waals surface area contributed by atoms with Crippen molar-refractivity contribution in [3.05, 3.63) is 102 Å². The lowest BCUT2D eigenvalue weighted by molar-refractivity contribution is -0.125. The molecule has 0 heterocycles. The van der Waals surface area contributed by atoms with E-state index in [4.69, 9.17) is 9.47 Å². The highest BCUT2D eigenvalue weighted by atomic mass is 16.5. The van der Waals surface area contributed by atoms with E-state index in [0.717, 1.165) is 33.8 Å². The largest absolute Gasteiger partial charge is 0.494 e. The first-order valence-electron chi connectivity index (χ1n) is 10.6. The van der Waals surface area contributed by atoms with Gasteiger partial charge in [0.2, 0.25) is 5.91 Å². The second-order valence-electron chi connectivity index (χ2n) is 7.15. The standard InChI is InChI=1S/C27H29NO3/c1-4-30-24-15-11-22(12-16-24)26(23-13-17-25(18-14-23)31-5-2)19-27(29)28(3)20-21-9-7-6-8-10-21/h6-19H,4-5,20H2,1-3H3. The van der Waals surface area contributed by atoms with E-state index in [1.807, 2.05) is 99.8 Å². The monoisotopic (exact) mass is 415 g/mol. The molecule has 0 unspecified atom stereocenters. The number of ether oxygens (including phenoxy) is 2. The highest BCUT2D eigenvalue weighted by Gasteiger charge is 2.12. The third-order valence-electron chi connectivity index (χ3n) is 4.86. The SMILES string of the molecule is CCOc1ccc(C(=CC(=O)N(C)Cc2ccccc2)c2ccc(OCC)cc2)cc1. The molecule has 0 bridgehead atoms. The number of rotatable bonds is 9. The molecule has 0 aliphatic rings. The predicted octanol–water partition coefficient (Wildman–Crippen LogP) is 5.57. The summed E-state index contributed by atoms with van der Waals surface area (Å²) in [5.74, 6) is 1.57. The van der Waals surface area contributed by atoms with Crippen LogP contribution in [-0.2, 0) is 11.3 Å². The van der Waals surface area contributed by atoms with E-state index < -0.39 is 0 Å². The fourth-order valence-electron chi connectivity index (χ4n) is 3.30. The average Bonchev–Trinajstić information content (AvgIpc) is 2.80. The van der Waals surface area contributed by atoms with Crippen molar-refractivity contribution in [1.29, 1.82) is 0 Å². The van der Waals surface area contributed by atoms with Gasteiger partial charge in [0.15, 0.2) is 0 Å². The van der Waals surface area contributed by atoms with Crippen LogP contribution in [0.5, 0.6) is 11.5 Å². The van der Waals surface area contributed by atoms with Gasteiger partial charge in [0.05, 0.1) is 13.2 Å². The molecule has 0 saturated heterocycles. The molecule has 3 aromatic rings. The summed E-state index contributed by atoms with van der Waals surface area (Å²) in [4.78, 5) is 14.8. The number of carbonyl (C=O) groups excluding carboxylic acids is 1. The van der Waals surface area contributed by atoms with Crippen molar-refractivity contribution in [2.75, 3.05) is 20.3 Å². The van der Waals surface area contributed by atoms with E-state index in [1.54, 1.807) is 11.0 Å².